The van der Waals surface area contributed by atoms with E-state index in [2.05, 4.69) is 22.6 Å². The van der Waals surface area contributed by atoms with E-state index in [0.29, 0.717) is 19.5 Å². The monoisotopic (exact) mass is 575 g/mol. The fraction of sp³-hybridized carbons (Fsp3) is 0.516. The highest BCUT2D eigenvalue weighted by atomic mass is 16.5. The number of hydrogen-bond donors (Lipinski definition) is 2. The van der Waals surface area contributed by atoms with Crippen LogP contribution in [0.2, 0.25) is 0 Å². The van der Waals surface area contributed by atoms with Gasteiger partial charge in [-0.25, -0.2) is 4.68 Å². The van der Waals surface area contributed by atoms with Crippen LogP contribution in [-0.2, 0) is 34.4 Å². The summed E-state index contributed by atoms with van der Waals surface area (Å²) in [5.41, 5.74) is 10.0. The van der Waals surface area contributed by atoms with E-state index in [-0.39, 0.29) is 42.5 Å². The molecule has 3 amide bonds. The normalized spacial score (nSPS) is 21.1. The molecule has 2 fully saturated rings. The number of carbonyl (C=O) groups excluding carboxylic acids is 3. The molecule has 2 aromatic carbocycles. The molecule has 0 saturated carbocycles. The van der Waals surface area contributed by atoms with Crippen molar-refractivity contribution in [3.8, 4) is 5.75 Å². The predicted octanol–water partition coefficient (Wildman–Crippen LogP) is 2.17. The lowest BCUT2D eigenvalue weighted by molar-refractivity contribution is -0.140. The minimum absolute atomic E-state index is 0.0384. The number of methoxy groups -OCH3 is 1. The second-order valence-corrected chi connectivity index (χ2v) is 11.6. The van der Waals surface area contributed by atoms with Crippen LogP contribution in [0.3, 0.4) is 0 Å². The first-order chi connectivity index (χ1) is 20.2. The summed E-state index contributed by atoms with van der Waals surface area (Å²) in [6.07, 6.45) is 3.74. The fourth-order valence-electron chi connectivity index (χ4n) is 6.22. The van der Waals surface area contributed by atoms with Crippen molar-refractivity contribution in [2.24, 2.45) is 18.7 Å². The van der Waals surface area contributed by atoms with Crippen LogP contribution in [0.5, 0.6) is 5.75 Å². The zero-order chi connectivity index (χ0) is 29.8. The summed E-state index contributed by atoms with van der Waals surface area (Å²) < 4.78 is 6.97. The molecule has 42 heavy (non-hydrogen) atoms. The number of fused-ring (bicyclic) bond motifs is 1. The van der Waals surface area contributed by atoms with Crippen LogP contribution in [0.1, 0.15) is 50.2 Å². The molecule has 11 heteroatoms. The lowest BCUT2D eigenvalue weighted by atomic mass is 9.96. The fourth-order valence-corrected chi connectivity index (χ4v) is 6.22. The topological polar surface area (TPSA) is 136 Å². The lowest BCUT2D eigenvalue weighted by Gasteiger charge is -2.27. The summed E-state index contributed by atoms with van der Waals surface area (Å²) in [6, 6.07) is 12.4. The molecule has 3 N–H and O–H groups in total. The summed E-state index contributed by atoms with van der Waals surface area (Å²) in [5.74, 6) is 0.414. The van der Waals surface area contributed by atoms with Gasteiger partial charge in [0.15, 0.2) is 0 Å². The van der Waals surface area contributed by atoms with Gasteiger partial charge in [-0.1, -0.05) is 23.4 Å². The van der Waals surface area contributed by atoms with Gasteiger partial charge < -0.3 is 25.6 Å². The summed E-state index contributed by atoms with van der Waals surface area (Å²) in [5, 5.41) is 11.2. The van der Waals surface area contributed by atoms with Crippen LogP contribution in [0.25, 0.3) is 11.0 Å². The Labute approximate surface area is 246 Å². The average molecular weight is 576 g/mol. The quantitative estimate of drug-likeness (QED) is 0.378. The standard InChI is InChI=1S/C31H41N7O4/c1-20-5-4-14-37(20)29(39)13-11-25(32)31(41)38-19-23(15-21-6-9-24(42-3)10-7-21)17-28(38)30(40)33-18-22-8-12-27-26(16-22)34-35-36(27)2/h6-10,12,16,20,23,25,28H,4-5,11,13-15,17-19,32H2,1-3H3,(H,33,40). The molecule has 2 aliphatic rings. The maximum absolute atomic E-state index is 13.6. The Hall–Kier alpha value is -3.99. The van der Waals surface area contributed by atoms with E-state index >= 15 is 0 Å². The van der Waals surface area contributed by atoms with Gasteiger partial charge in [-0.2, -0.15) is 0 Å². The van der Waals surface area contributed by atoms with E-state index in [0.717, 1.165) is 53.7 Å². The third-order valence-corrected chi connectivity index (χ3v) is 8.66. The minimum Gasteiger partial charge on any atom is -0.497 e. The first kappa shape index (κ1) is 29.5. The molecule has 5 rings (SSSR count). The highest BCUT2D eigenvalue weighted by Gasteiger charge is 2.41. The van der Waals surface area contributed by atoms with Gasteiger partial charge >= 0.3 is 0 Å². The van der Waals surface area contributed by atoms with Gasteiger partial charge in [0.25, 0.3) is 0 Å². The second-order valence-electron chi connectivity index (χ2n) is 11.6. The number of likely N-dealkylation sites (tertiary alicyclic amines) is 2. The van der Waals surface area contributed by atoms with Gasteiger partial charge in [-0.3, -0.25) is 14.4 Å². The van der Waals surface area contributed by atoms with Crippen LogP contribution >= 0.6 is 0 Å². The molecule has 3 aromatic rings. The second kappa shape index (κ2) is 12.9. The number of rotatable bonds is 10. The highest BCUT2D eigenvalue weighted by molar-refractivity contribution is 5.91. The molecular formula is C31H41N7O4. The van der Waals surface area contributed by atoms with Crippen molar-refractivity contribution < 1.29 is 19.1 Å². The van der Waals surface area contributed by atoms with Gasteiger partial charge in [-0.15, -0.1) is 5.10 Å². The molecule has 11 nitrogen and oxygen atoms in total. The van der Waals surface area contributed by atoms with Gasteiger partial charge in [0, 0.05) is 39.1 Å². The van der Waals surface area contributed by atoms with E-state index in [9.17, 15) is 14.4 Å². The van der Waals surface area contributed by atoms with Crippen molar-refractivity contribution in [1.82, 2.24) is 30.1 Å². The SMILES string of the molecule is COc1ccc(CC2CC(C(=O)NCc3ccc4c(c3)nnn4C)N(C(=O)C(N)CCC(=O)N3CCCC3C)C2)cc1. The van der Waals surface area contributed by atoms with Crippen LogP contribution in [0, 0.1) is 5.92 Å². The molecular weight excluding hydrogens is 534 g/mol. The Bertz CT molecular complexity index is 1420. The maximum Gasteiger partial charge on any atom is 0.243 e. The third-order valence-electron chi connectivity index (χ3n) is 8.66. The van der Waals surface area contributed by atoms with Crippen molar-refractivity contribution in [3.63, 3.8) is 0 Å². The number of nitrogens with two attached hydrogens (primary N) is 1. The first-order valence-electron chi connectivity index (χ1n) is 14.8. The molecule has 2 aliphatic heterocycles. The smallest absolute Gasteiger partial charge is 0.243 e. The van der Waals surface area contributed by atoms with Crippen LogP contribution in [0.15, 0.2) is 42.5 Å². The molecule has 2 saturated heterocycles. The minimum atomic E-state index is -0.846. The number of amides is 3. The van der Waals surface area contributed by atoms with Gasteiger partial charge in [0.1, 0.15) is 17.3 Å². The van der Waals surface area contributed by atoms with E-state index in [1.807, 2.05) is 54.4 Å². The summed E-state index contributed by atoms with van der Waals surface area (Å²) in [4.78, 5) is 43.4. The number of ether oxygens (including phenoxy) is 1. The molecule has 1 aromatic heterocycles. The number of nitrogens with one attached hydrogen (secondary N) is 1. The predicted molar refractivity (Wildman–Crippen MR) is 158 cm³/mol. The Kier molecular flexibility index (Phi) is 9.06. The van der Waals surface area contributed by atoms with E-state index in [1.54, 1.807) is 16.7 Å². The molecule has 3 heterocycles. The number of hydrogen-bond acceptors (Lipinski definition) is 7. The average Bonchev–Trinajstić information content (AvgIpc) is 3.72. The summed E-state index contributed by atoms with van der Waals surface area (Å²) in [7, 11) is 3.46. The molecule has 0 bridgehead atoms. The molecule has 0 radical (unpaired) electrons. The Morgan fingerprint density at radius 1 is 1.12 bits per heavy atom. The third kappa shape index (κ3) is 6.56. The van der Waals surface area contributed by atoms with Crippen molar-refractivity contribution >= 4 is 28.8 Å². The van der Waals surface area contributed by atoms with Crippen molar-refractivity contribution in [1.29, 1.82) is 0 Å². The van der Waals surface area contributed by atoms with Crippen molar-refractivity contribution in [2.45, 2.75) is 70.1 Å². The Morgan fingerprint density at radius 3 is 2.60 bits per heavy atom. The van der Waals surface area contributed by atoms with Gasteiger partial charge in [-0.05, 0) is 80.3 Å². The summed E-state index contributed by atoms with van der Waals surface area (Å²) >= 11 is 0. The van der Waals surface area contributed by atoms with E-state index in [4.69, 9.17) is 10.5 Å². The lowest BCUT2D eigenvalue weighted by Crippen LogP contribution is -2.51. The molecule has 0 aliphatic carbocycles. The highest BCUT2D eigenvalue weighted by Crippen LogP contribution is 2.29. The molecule has 0 spiro atoms. The molecule has 224 valence electrons. The van der Waals surface area contributed by atoms with Crippen LogP contribution in [-0.4, -0.2) is 80.8 Å². The van der Waals surface area contributed by atoms with Gasteiger partial charge in [0.05, 0.1) is 18.7 Å². The first-order valence-corrected chi connectivity index (χ1v) is 14.8. The number of nitrogens with zero attached hydrogens (tertiary/aromatic N) is 5. The number of carbonyl (C=O) groups is 3. The Morgan fingerprint density at radius 2 is 1.88 bits per heavy atom. The zero-order valence-corrected chi connectivity index (χ0v) is 24.7. The largest absolute Gasteiger partial charge is 0.497 e. The molecule has 4 atom stereocenters. The number of benzene rings is 2. The Balaban J connectivity index is 1.25. The zero-order valence-electron chi connectivity index (χ0n) is 24.7. The summed E-state index contributed by atoms with van der Waals surface area (Å²) in [6.45, 7) is 3.55. The van der Waals surface area contributed by atoms with Crippen LogP contribution < -0.4 is 15.8 Å². The van der Waals surface area contributed by atoms with Crippen molar-refractivity contribution in [2.75, 3.05) is 20.2 Å². The van der Waals surface area contributed by atoms with E-state index in [1.165, 1.54) is 0 Å². The van der Waals surface area contributed by atoms with Crippen LogP contribution in [0.4, 0.5) is 0 Å². The molecule has 4 unspecified atom stereocenters. The van der Waals surface area contributed by atoms with Crippen molar-refractivity contribution in [3.05, 3.63) is 53.6 Å². The van der Waals surface area contributed by atoms with Gasteiger partial charge in [0.2, 0.25) is 17.7 Å². The number of aryl methyl sites for hydroxylation is 1. The number of aromatic nitrogens is 3. The maximum atomic E-state index is 13.6. The van der Waals surface area contributed by atoms with E-state index < -0.39 is 12.1 Å².